The van der Waals surface area contributed by atoms with E-state index in [0.717, 1.165) is 27.8 Å². The zero-order valence-electron chi connectivity index (χ0n) is 12.8. The van der Waals surface area contributed by atoms with Gasteiger partial charge in [-0.1, -0.05) is 19.9 Å². The number of thiazole rings is 1. The number of nitrogens with zero attached hydrogens (tertiary/aromatic N) is 2. The standard InChI is InChI=1S/C17H17N3OS/c1-10(2)14-9-22-17(20-14)16(21)19-13-7-6-11(3)15-12(13)5-4-8-18-15/h4-10H,1-3H3,(H,19,21). The van der Waals surface area contributed by atoms with Gasteiger partial charge in [-0.2, -0.15) is 0 Å². The van der Waals surface area contributed by atoms with E-state index >= 15 is 0 Å². The molecule has 2 heterocycles. The summed E-state index contributed by atoms with van der Waals surface area (Å²) in [6, 6.07) is 7.71. The molecule has 0 spiro atoms. The molecule has 0 atom stereocenters. The second kappa shape index (κ2) is 5.85. The molecular weight excluding hydrogens is 294 g/mol. The summed E-state index contributed by atoms with van der Waals surface area (Å²) in [6.45, 7) is 6.14. The van der Waals surface area contributed by atoms with Gasteiger partial charge >= 0.3 is 0 Å². The molecule has 0 bridgehead atoms. The Morgan fingerprint density at radius 2 is 2.09 bits per heavy atom. The van der Waals surface area contributed by atoms with Crippen molar-refractivity contribution in [2.24, 2.45) is 0 Å². The van der Waals surface area contributed by atoms with E-state index in [4.69, 9.17) is 0 Å². The van der Waals surface area contributed by atoms with E-state index in [9.17, 15) is 4.79 Å². The lowest BCUT2D eigenvalue weighted by atomic mass is 10.1. The first-order chi connectivity index (χ1) is 10.6. The summed E-state index contributed by atoms with van der Waals surface area (Å²) >= 11 is 1.37. The average molecular weight is 311 g/mol. The number of anilines is 1. The Hall–Kier alpha value is -2.27. The Kier molecular flexibility index (Phi) is 3.90. The number of carbonyl (C=O) groups excluding carboxylic acids is 1. The number of aryl methyl sites for hydroxylation is 1. The Morgan fingerprint density at radius 3 is 2.82 bits per heavy atom. The molecule has 3 rings (SSSR count). The van der Waals surface area contributed by atoms with E-state index in [2.05, 4.69) is 29.1 Å². The first-order valence-electron chi connectivity index (χ1n) is 7.17. The normalized spacial score (nSPS) is 11.1. The van der Waals surface area contributed by atoms with Crippen LogP contribution < -0.4 is 5.32 Å². The van der Waals surface area contributed by atoms with Crippen LogP contribution in [0.1, 0.15) is 40.8 Å². The lowest BCUT2D eigenvalue weighted by Gasteiger charge is -2.08. The SMILES string of the molecule is Cc1ccc(NC(=O)c2nc(C(C)C)cs2)c2cccnc12. The number of hydrogen-bond donors (Lipinski definition) is 1. The van der Waals surface area contributed by atoms with Gasteiger partial charge in [0.05, 0.1) is 16.9 Å². The van der Waals surface area contributed by atoms with Gasteiger partial charge < -0.3 is 5.32 Å². The van der Waals surface area contributed by atoms with Crippen LogP contribution >= 0.6 is 11.3 Å². The van der Waals surface area contributed by atoms with E-state index in [1.165, 1.54) is 11.3 Å². The van der Waals surface area contributed by atoms with Crippen molar-refractivity contribution in [3.63, 3.8) is 0 Å². The van der Waals surface area contributed by atoms with Gasteiger partial charge in [0.2, 0.25) is 0 Å². The molecule has 0 aliphatic carbocycles. The number of carbonyl (C=O) groups is 1. The maximum Gasteiger partial charge on any atom is 0.284 e. The molecule has 0 fully saturated rings. The molecule has 0 aliphatic rings. The van der Waals surface area contributed by atoms with Crippen molar-refractivity contribution in [3.8, 4) is 0 Å². The zero-order chi connectivity index (χ0) is 15.7. The van der Waals surface area contributed by atoms with Crippen LogP contribution in [0, 0.1) is 6.92 Å². The number of hydrogen-bond acceptors (Lipinski definition) is 4. The van der Waals surface area contributed by atoms with Crippen molar-refractivity contribution < 1.29 is 4.79 Å². The highest BCUT2D eigenvalue weighted by Crippen LogP contribution is 2.25. The minimum Gasteiger partial charge on any atom is -0.319 e. The predicted molar refractivity (Wildman–Crippen MR) is 90.6 cm³/mol. The second-order valence-electron chi connectivity index (χ2n) is 5.52. The smallest absolute Gasteiger partial charge is 0.284 e. The molecule has 22 heavy (non-hydrogen) atoms. The highest BCUT2D eigenvalue weighted by atomic mass is 32.1. The van der Waals surface area contributed by atoms with Crippen LogP contribution in [0.4, 0.5) is 5.69 Å². The fraction of sp³-hybridized carbons (Fsp3) is 0.235. The van der Waals surface area contributed by atoms with Crippen LogP contribution in [0.2, 0.25) is 0 Å². The highest BCUT2D eigenvalue weighted by molar-refractivity contribution is 7.11. The van der Waals surface area contributed by atoms with Crippen molar-refractivity contribution in [1.29, 1.82) is 0 Å². The number of amides is 1. The Bertz CT molecular complexity index is 839. The van der Waals surface area contributed by atoms with Crippen molar-refractivity contribution in [1.82, 2.24) is 9.97 Å². The molecule has 5 heteroatoms. The van der Waals surface area contributed by atoms with Gasteiger partial charge in [-0.05, 0) is 36.6 Å². The summed E-state index contributed by atoms with van der Waals surface area (Å²) < 4.78 is 0. The van der Waals surface area contributed by atoms with Gasteiger partial charge in [0.1, 0.15) is 0 Å². The zero-order valence-corrected chi connectivity index (χ0v) is 13.6. The van der Waals surface area contributed by atoms with E-state index in [-0.39, 0.29) is 5.91 Å². The van der Waals surface area contributed by atoms with Gasteiger partial charge in [0.25, 0.3) is 5.91 Å². The number of benzene rings is 1. The monoisotopic (exact) mass is 311 g/mol. The van der Waals surface area contributed by atoms with Crippen LogP contribution in [-0.2, 0) is 0 Å². The molecule has 112 valence electrons. The molecule has 0 unspecified atom stereocenters. The third-order valence-corrected chi connectivity index (χ3v) is 4.39. The molecule has 0 radical (unpaired) electrons. The van der Waals surface area contributed by atoms with Crippen LogP contribution in [-0.4, -0.2) is 15.9 Å². The predicted octanol–water partition coefficient (Wildman–Crippen LogP) is 4.38. The Labute approximate surface area is 133 Å². The molecule has 0 aliphatic heterocycles. The minimum absolute atomic E-state index is 0.175. The van der Waals surface area contributed by atoms with E-state index in [1.807, 2.05) is 36.6 Å². The maximum absolute atomic E-state index is 12.4. The number of nitrogens with one attached hydrogen (secondary N) is 1. The largest absolute Gasteiger partial charge is 0.319 e. The molecule has 2 aromatic heterocycles. The van der Waals surface area contributed by atoms with Crippen LogP contribution in [0.25, 0.3) is 10.9 Å². The topological polar surface area (TPSA) is 54.9 Å². The summed E-state index contributed by atoms with van der Waals surface area (Å²) in [5.74, 6) is 0.146. The summed E-state index contributed by atoms with van der Waals surface area (Å²) in [5.41, 5.74) is 3.71. The molecule has 0 saturated heterocycles. The molecular formula is C17H17N3OS. The minimum atomic E-state index is -0.175. The van der Waals surface area contributed by atoms with Crippen molar-refractivity contribution in [2.45, 2.75) is 26.7 Å². The third-order valence-electron chi connectivity index (χ3n) is 3.53. The molecule has 4 nitrogen and oxygen atoms in total. The molecule has 1 N–H and O–H groups in total. The fourth-order valence-corrected chi connectivity index (χ4v) is 3.13. The summed E-state index contributed by atoms with van der Waals surface area (Å²) in [4.78, 5) is 21.2. The lowest BCUT2D eigenvalue weighted by Crippen LogP contribution is -2.12. The van der Waals surface area contributed by atoms with Crippen LogP contribution in [0.15, 0.2) is 35.8 Å². The first kappa shape index (κ1) is 14.7. The number of rotatable bonds is 3. The van der Waals surface area contributed by atoms with Crippen LogP contribution in [0.3, 0.4) is 0 Å². The van der Waals surface area contributed by atoms with E-state index in [1.54, 1.807) is 6.20 Å². The Balaban J connectivity index is 1.92. The van der Waals surface area contributed by atoms with Crippen LogP contribution in [0.5, 0.6) is 0 Å². The quantitative estimate of drug-likeness (QED) is 0.781. The summed E-state index contributed by atoms with van der Waals surface area (Å²) in [6.07, 6.45) is 1.76. The fourth-order valence-electron chi connectivity index (χ4n) is 2.25. The second-order valence-corrected chi connectivity index (χ2v) is 6.37. The molecule has 0 saturated carbocycles. The van der Waals surface area contributed by atoms with Gasteiger partial charge in [0, 0.05) is 17.0 Å². The van der Waals surface area contributed by atoms with Crippen molar-refractivity contribution in [3.05, 3.63) is 52.1 Å². The number of pyridine rings is 1. The summed E-state index contributed by atoms with van der Waals surface area (Å²) in [7, 11) is 0. The van der Waals surface area contributed by atoms with E-state index < -0.39 is 0 Å². The molecule has 3 aromatic rings. The van der Waals surface area contributed by atoms with Crippen molar-refractivity contribution in [2.75, 3.05) is 5.32 Å². The van der Waals surface area contributed by atoms with Crippen molar-refractivity contribution >= 4 is 33.8 Å². The first-order valence-corrected chi connectivity index (χ1v) is 8.05. The van der Waals surface area contributed by atoms with Gasteiger partial charge in [-0.25, -0.2) is 4.98 Å². The molecule has 1 amide bonds. The maximum atomic E-state index is 12.4. The number of aromatic nitrogens is 2. The highest BCUT2D eigenvalue weighted by Gasteiger charge is 2.14. The number of fused-ring (bicyclic) bond motifs is 1. The molecule has 1 aromatic carbocycles. The average Bonchev–Trinajstić information content (AvgIpc) is 3.01. The van der Waals surface area contributed by atoms with Gasteiger partial charge in [0.15, 0.2) is 5.01 Å². The van der Waals surface area contributed by atoms with Gasteiger partial charge in [-0.3, -0.25) is 9.78 Å². The van der Waals surface area contributed by atoms with Gasteiger partial charge in [-0.15, -0.1) is 11.3 Å². The summed E-state index contributed by atoms with van der Waals surface area (Å²) in [5, 5.41) is 6.32. The van der Waals surface area contributed by atoms with E-state index in [0.29, 0.717) is 10.9 Å². The Morgan fingerprint density at radius 1 is 1.27 bits per heavy atom. The third kappa shape index (κ3) is 2.72. The lowest BCUT2D eigenvalue weighted by molar-refractivity contribution is 0.102.